The van der Waals surface area contributed by atoms with E-state index in [9.17, 15) is 9.59 Å². The van der Waals surface area contributed by atoms with E-state index in [2.05, 4.69) is 6.92 Å². The van der Waals surface area contributed by atoms with E-state index in [4.69, 9.17) is 4.74 Å². The van der Waals surface area contributed by atoms with Gasteiger partial charge in [0.2, 0.25) is 0 Å². The van der Waals surface area contributed by atoms with E-state index in [-0.39, 0.29) is 38.0 Å². The molecule has 0 aromatic heterocycles. The molecule has 0 aliphatic carbocycles. The van der Waals surface area contributed by atoms with E-state index in [1.54, 1.807) is 6.92 Å². The molecular weight excluding hydrogens is 283 g/mol. The predicted molar refractivity (Wildman–Crippen MR) is 59.6 cm³/mol. The summed E-state index contributed by atoms with van der Waals surface area (Å²) in [7, 11) is 0. The molecule has 16 heavy (non-hydrogen) atoms. The fourth-order valence-corrected chi connectivity index (χ4v) is 1.51. The van der Waals surface area contributed by atoms with Crippen LogP contribution >= 0.6 is 0 Å². The minimum absolute atomic E-state index is 0. The summed E-state index contributed by atoms with van der Waals surface area (Å²) in [4.78, 5) is 22.6. The Bertz CT molecular complexity index is 204. The van der Waals surface area contributed by atoms with Crippen molar-refractivity contribution >= 4 is 11.8 Å². The van der Waals surface area contributed by atoms with Crippen LogP contribution in [-0.2, 0) is 40.5 Å². The predicted octanol–water partition coefficient (Wildman–Crippen LogP) is 2.72. The molecule has 0 spiro atoms. The molecule has 0 saturated heterocycles. The van der Waals surface area contributed by atoms with Crippen LogP contribution in [0.5, 0.6) is 0 Å². The average Bonchev–Trinajstić information content (AvgIpc) is 2.17. The number of ketones is 1. The number of esters is 1. The fourth-order valence-electron chi connectivity index (χ4n) is 1.51. The summed E-state index contributed by atoms with van der Waals surface area (Å²) in [6.07, 6.45) is 4.96. The summed E-state index contributed by atoms with van der Waals surface area (Å²) in [5.41, 5.74) is 0. The van der Waals surface area contributed by atoms with E-state index in [1.165, 1.54) is 6.92 Å². The van der Waals surface area contributed by atoms with Crippen LogP contribution in [0.25, 0.3) is 0 Å². The van der Waals surface area contributed by atoms with Crippen LogP contribution in [0.2, 0.25) is 0 Å². The van der Waals surface area contributed by atoms with Gasteiger partial charge in [0, 0.05) is 26.2 Å². The first-order chi connectivity index (χ1) is 7.13. The number of hydrogen-bond donors (Lipinski definition) is 0. The Hall–Kier alpha value is 0.0231. The summed E-state index contributed by atoms with van der Waals surface area (Å²) >= 11 is 0. The molecule has 0 aliphatic rings. The van der Waals surface area contributed by atoms with E-state index >= 15 is 0 Å². The van der Waals surface area contributed by atoms with Crippen LogP contribution in [0.4, 0.5) is 0 Å². The van der Waals surface area contributed by atoms with E-state index in [0.717, 1.165) is 25.7 Å². The molecule has 1 atom stereocenters. The van der Waals surface area contributed by atoms with Gasteiger partial charge in [-0.1, -0.05) is 32.6 Å². The number of Topliss-reactive ketones (excluding diaryl/α,β-unsaturated/α-hetero) is 1. The van der Waals surface area contributed by atoms with Crippen molar-refractivity contribution in [2.75, 3.05) is 6.61 Å². The Morgan fingerprint density at radius 2 is 1.75 bits per heavy atom. The van der Waals surface area contributed by atoms with Gasteiger partial charge >= 0.3 is 5.97 Å². The molecule has 0 heterocycles. The second-order valence-electron chi connectivity index (χ2n) is 3.76. The Morgan fingerprint density at radius 3 is 2.19 bits per heavy atom. The molecule has 0 rings (SSSR count). The first-order valence-electron chi connectivity index (χ1n) is 5.80. The molecule has 0 radical (unpaired) electrons. The second-order valence-corrected chi connectivity index (χ2v) is 3.76. The third-order valence-electron chi connectivity index (χ3n) is 2.41. The number of hydrogen-bond acceptors (Lipinski definition) is 3. The van der Waals surface area contributed by atoms with Gasteiger partial charge in [-0.15, -0.1) is 0 Å². The first kappa shape index (κ1) is 18.4. The van der Waals surface area contributed by atoms with Gasteiger partial charge < -0.3 is 4.74 Å². The zero-order chi connectivity index (χ0) is 11.7. The number of carbonyl (C=O) groups excluding carboxylic acids is 2. The van der Waals surface area contributed by atoms with Crippen molar-refractivity contribution in [1.29, 1.82) is 0 Å². The van der Waals surface area contributed by atoms with Crippen LogP contribution < -0.4 is 0 Å². The monoisotopic (exact) mass is 304 g/mol. The minimum Gasteiger partial charge on any atom is -0.465 e. The topological polar surface area (TPSA) is 43.4 Å². The first-order valence-corrected chi connectivity index (χ1v) is 5.80. The van der Waals surface area contributed by atoms with Crippen molar-refractivity contribution in [1.82, 2.24) is 0 Å². The smallest absolute Gasteiger partial charge is 0.316 e. The van der Waals surface area contributed by atoms with Crippen molar-refractivity contribution in [3.63, 3.8) is 0 Å². The summed E-state index contributed by atoms with van der Waals surface area (Å²) in [6, 6.07) is 0. The molecule has 0 aliphatic heterocycles. The molecular formula is C12H22O3Zr. The fraction of sp³-hybridized carbons (Fsp3) is 0.833. The molecule has 0 saturated carbocycles. The normalized spacial score (nSPS) is 11.4. The van der Waals surface area contributed by atoms with Crippen molar-refractivity contribution < 1.29 is 40.5 Å². The van der Waals surface area contributed by atoms with E-state index < -0.39 is 5.92 Å². The molecule has 0 bridgehead atoms. The van der Waals surface area contributed by atoms with Crippen molar-refractivity contribution in [3.05, 3.63) is 0 Å². The minimum atomic E-state index is -0.540. The largest absolute Gasteiger partial charge is 0.465 e. The molecule has 0 amide bonds. The number of rotatable bonds is 8. The summed E-state index contributed by atoms with van der Waals surface area (Å²) in [6.45, 7) is 5.69. The molecule has 1 unspecified atom stereocenters. The second kappa shape index (κ2) is 11.5. The Morgan fingerprint density at radius 1 is 1.12 bits per heavy atom. The number of carbonyl (C=O) groups is 2. The quantitative estimate of drug-likeness (QED) is 0.393. The molecule has 0 aromatic carbocycles. The van der Waals surface area contributed by atoms with Crippen LogP contribution in [0.3, 0.4) is 0 Å². The van der Waals surface area contributed by atoms with Gasteiger partial charge in [0.15, 0.2) is 0 Å². The van der Waals surface area contributed by atoms with Crippen LogP contribution in [0.1, 0.15) is 52.9 Å². The summed E-state index contributed by atoms with van der Waals surface area (Å²) in [5, 5.41) is 0. The van der Waals surface area contributed by atoms with Gasteiger partial charge in [0.1, 0.15) is 11.7 Å². The maximum Gasteiger partial charge on any atom is 0.316 e. The molecule has 4 heteroatoms. The van der Waals surface area contributed by atoms with Crippen molar-refractivity contribution in [3.8, 4) is 0 Å². The molecule has 0 fully saturated rings. The molecule has 0 aromatic rings. The summed E-state index contributed by atoms with van der Waals surface area (Å²) < 4.78 is 4.86. The van der Waals surface area contributed by atoms with Crippen LogP contribution in [-0.4, -0.2) is 18.4 Å². The number of unbranched alkanes of at least 4 members (excludes halogenated alkanes) is 3. The average molecular weight is 306 g/mol. The van der Waals surface area contributed by atoms with E-state index in [0.29, 0.717) is 13.0 Å². The maximum absolute atomic E-state index is 11.4. The third kappa shape index (κ3) is 8.21. The Labute approximate surface area is 117 Å². The van der Waals surface area contributed by atoms with Gasteiger partial charge in [0.25, 0.3) is 0 Å². The zero-order valence-electron chi connectivity index (χ0n) is 10.5. The zero-order valence-corrected chi connectivity index (χ0v) is 13.0. The van der Waals surface area contributed by atoms with Gasteiger partial charge in [-0.2, -0.15) is 0 Å². The standard InChI is InChI=1S/C12H22O3.Zr/c1-4-6-7-8-9-11(10(3)13)12(14)15-5-2;/h11H,4-9H2,1-3H3;. The SMILES string of the molecule is CCCCCCC(C(C)=O)C(=O)OCC.[Zr]. The summed E-state index contributed by atoms with van der Waals surface area (Å²) in [5.74, 6) is -0.978. The Balaban J connectivity index is 0. The molecule has 92 valence electrons. The number of ether oxygens (including phenoxy) is 1. The van der Waals surface area contributed by atoms with Crippen LogP contribution in [0, 0.1) is 5.92 Å². The molecule has 0 N–H and O–H groups in total. The Kier molecular flexibility index (Phi) is 13.2. The maximum atomic E-state index is 11.4. The van der Waals surface area contributed by atoms with Gasteiger partial charge in [-0.05, 0) is 20.3 Å². The van der Waals surface area contributed by atoms with Gasteiger partial charge in [-0.3, -0.25) is 9.59 Å². The molecule has 3 nitrogen and oxygen atoms in total. The van der Waals surface area contributed by atoms with Crippen LogP contribution in [0.15, 0.2) is 0 Å². The van der Waals surface area contributed by atoms with Crippen molar-refractivity contribution in [2.45, 2.75) is 52.9 Å². The third-order valence-corrected chi connectivity index (χ3v) is 2.41. The van der Waals surface area contributed by atoms with Gasteiger partial charge in [0.05, 0.1) is 6.61 Å². The van der Waals surface area contributed by atoms with Crippen molar-refractivity contribution in [2.24, 2.45) is 5.92 Å². The van der Waals surface area contributed by atoms with E-state index in [1.807, 2.05) is 0 Å². The van der Waals surface area contributed by atoms with Gasteiger partial charge in [-0.25, -0.2) is 0 Å².